The molecule has 2 rings (SSSR count). The highest BCUT2D eigenvalue weighted by molar-refractivity contribution is 5.69. The van der Waals surface area contributed by atoms with E-state index in [4.69, 9.17) is 9.84 Å². The van der Waals surface area contributed by atoms with Gasteiger partial charge in [0, 0.05) is 26.2 Å². The molecule has 1 aromatic rings. The molecule has 1 saturated heterocycles. The van der Waals surface area contributed by atoms with Crippen molar-refractivity contribution in [3.05, 3.63) is 24.3 Å². The maximum Gasteiger partial charge on any atom is 0.410 e. The largest absolute Gasteiger partial charge is 0.444 e. The van der Waals surface area contributed by atoms with Gasteiger partial charge in [-0.15, -0.1) is 0 Å². The summed E-state index contributed by atoms with van der Waals surface area (Å²) in [6.07, 6.45) is 0.858. The van der Waals surface area contributed by atoms with E-state index in [1.54, 1.807) is 4.90 Å². The van der Waals surface area contributed by atoms with Gasteiger partial charge < -0.3 is 30.5 Å². The van der Waals surface area contributed by atoms with Crippen molar-refractivity contribution >= 4 is 17.5 Å². The zero-order chi connectivity index (χ0) is 19.9. The number of likely N-dealkylation sites (tertiary alicyclic amines) is 1. The maximum atomic E-state index is 12.1. The molecule has 7 nitrogen and oxygen atoms in total. The number of para-hydroxylation sites is 2. The van der Waals surface area contributed by atoms with Gasteiger partial charge in [0.2, 0.25) is 0 Å². The van der Waals surface area contributed by atoms with E-state index in [0.29, 0.717) is 25.6 Å². The standard InChI is InChI=1S/C20H33N3O4/c1-20(2,3)27-19(26)23-10-8-15(9-11-23)12-21-17-6-4-5-7-18(17)22-13-16(25)14-24/h4-7,15-16,21-22,24-25H,8-14H2,1-3H3. The van der Waals surface area contributed by atoms with Crippen LogP contribution in [0.15, 0.2) is 24.3 Å². The second-order valence-corrected chi connectivity index (χ2v) is 8.05. The number of carbonyl (C=O) groups is 1. The van der Waals surface area contributed by atoms with Gasteiger partial charge in [0.05, 0.1) is 24.1 Å². The molecule has 27 heavy (non-hydrogen) atoms. The molecule has 0 aromatic heterocycles. The van der Waals surface area contributed by atoms with Crippen molar-refractivity contribution in [3.63, 3.8) is 0 Å². The minimum Gasteiger partial charge on any atom is -0.444 e. The van der Waals surface area contributed by atoms with Crippen LogP contribution in [0.2, 0.25) is 0 Å². The Hall–Kier alpha value is -1.99. The Balaban J connectivity index is 1.79. The van der Waals surface area contributed by atoms with Gasteiger partial charge in [-0.1, -0.05) is 12.1 Å². The smallest absolute Gasteiger partial charge is 0.410 e. The van der Waals surface area contributed by atoms with E-state index in [1.165, 1.54) is 0 Å². The first-order valence-electron chi connectivity index (χ1n) is 9.62. The topological polar surface area (TPSA) is 94.1 Å². The number of nitrogens with one attached hydrogen (secondary N) is 2. The van der Waals surface area contributed by atoms with Crippen LogP contribution in [0.3, 0.4) is 0 Å². The molecule has 152 valence electrons. The Labute approximate surface area is 161 Å². The van der Waals surface area contributed by atoms with Gasteiger partial charge in [0.1, 0.15) is 5.60 Å². The van der Waals surface area contributed by atoms with Crippen LogP contribution in [-0.4, -0.2) is 65.7 Å². The highest BCUT2D eigenvalue weighted by Crippen LogP contribution is 2.24. The number of hydrogen-bond donors (Lipinski definition) is 4. The third-order valence-electron chi connectivity index (χ3n) is 4.51. The lowest BCUT2D eigenvalue weighted by Gasteiger charge is -2.33. The van der Waals surface area contributed by atoms with Gasteiger partial charge in [-0.3, -0.25) is 0 Å². The number of amides is 1. The van der Waals surface area contributed by atoms with E-state index < -0.39 is 11.7 Å². The molecule has 1 fully saturated rings. The quantitative estimate of drug-likeness (QED) is 0.582. The zero-order valence-corrected chi connectivity index (χ0v) is 16.6. The third kappa shape index (κ3) is 7.27. The van der Waals surface area contributed by atoms with Crippen LogP contribution in [0.4, 0.5) is 16.2 Å². The van der Waals surface area contributed by atoms with Crippen molar-refractivity contribution in [3.8, 4) is 0 Å². The van der Waals surface area contributed by atoms with E-state index in [-0.39, 0.29) is 12.7 Å². The minimum atomic E-state index is -0.782. The number of piperidine rings is 1. The minimum absolute atomic E-state index is 0.231. The lowest BCUT2D eigenvalue weighted by molar-refractivity contribution is 0.0188. The second kappa shape index (κ2) is 9.80. The molecule has 4 N–H and O–H groups in total. The van der Waals surface area contributed by atoms with E-state index in [2.05, 4.69) is 10.6 Å². The van der Waals surface area contributed by atoms with Crippen LogP contribution in [0.1, 0.15) is 33.6 Å². The number of benzene rings is 1. The van der Waals surface area contributed by atoms with E-state index in [0.717, 1.165) is 30.8 Å². The average Bonchev–Trinajstić information content (AvgIpc) is 2.64. The highest BCUT2D eigenvalue weighted by atomic mass is 16.6. The normalized spacial score (nSPS) is 16.7. The van der Waals surface area contributed by atoms with E-state index in [9.17, 15) is 9.90 Å². The van der Waals surface area contributed by atoms with Gasteiger partial charge in [-0.2, -0.15) is 0 Å². The molecule has 1 heterocycles. The fourth-order valence-corrected chi connectivity index (χ4v) is 2.98. The molecular weight excluding hydrogens is 346 g/mol. The number of aliphatic hydroxyl groups excluding tert-OH is 2. The van der Waals surface area contributed by atoms with Crippen LogP contribution in [0, 0.1) is 5.92 Å². The highest BCUT2D eigenvalue weighted by Gasteiger charge is 2.26. The zero-order valence-electron chi connectivity index (χ0n) is 16.6. The summed E-state index contributed by atoms with van der Waals surface area (Å²) in [6.45, 7) is 7.92. The van der Waals surface area contributed by atoms with Crippen LogP contribution in [-0.2, 0) is 4.74 Å². The summed E-state index contributed by atoms with van der Waals surface area (Å²) in [5.41, 5.74) is 1.41. The van der Waals surface area contributed by atoms with Crippen molar-refractivity contribution in [2.24, 2.45) is 5.92 Å². The lowest BCUT2D eigenvalue weighted by atomic mass is 9.97. The van der Waals surface area contributed by atoms with Crippen molar-refractivity contribution in [2.75, 3.05) is 43.4 Å². The van der Waals surface area contributed by atoms with Crippen LogP contribution < -0.4 is 10.6 Å². The molecule has 1 atom stereocenters. The molecule has 0 bridgehead atoms. The summed E-state index contributed by atoms with van der Waals surface area (Å²) in [7, 11) is 0. The first kappa shape index (κ1) is 21.3. The molecule has 1 aliphatic heterocycles. The van der Waals surface area contributed by atoms with Crippen molar-refractivity contribution in [1.82, 2.24) is 4.90 Å². The predicted molar refractivity (Wildman–Crippen MR) is 107 cm³/mol. The predicted octanol–water partition coefficient (Wildman–Crippen LogP) is 2.51. The van der Waals surface area contributed by atoms with Crippen molar-refractivity contribution in [2.45, 2.75) is 45.3 Å². The molecular formula is C20H33N3O4. The SMILES string of the molecule is CC(C)(C)OC(=O)N1CCC(CNc2ccccc2NCC(O)CO)CC1. The van der Waals surface area contributed by atoms with Crippen LogP contribution in [0.5, 0.6) is 0 Å². The molecule has 1 aliphatic rings. The Morgan fingerprint density at radius 1 is 1.22 bits per heavy atom. The molecule has 1 amide bonds. The number of anilines is 2. The molecule has 1 aromatic carbocycles. The Morgan fingerprint density at radius 2 is 1.81 bits per heavy atom. The van der Waals surface area contributed by atoms with Gasteiger partial charge in [-0.05, 0) is 51.7 Å². The van der Waals surface area contributed by atoms with E-state index in [1.807, 2.05) is 45.0 Å². The second-order valence-electron chi connectivity index (χ2n) is 8.05. The maximum absolute atomic E-state index is 12.1. The molecule has 1 unspecified atom stereocenters. The summed E-state index contributed by atoms with van der Waals surface area (Å²) in [6, 6.07) is 7.82. The summed E-state index contributed by atoms with van der Waals surface area (Å²) in [4.78, 5) is 13.9. The molecule has 7 heteroatoms. The number of ether oxygens (including phenoxy) is 1. The summed E-state index contributed by atoms with van der Waals surface area (Å²) in [5.74, 6) is 0.486. The van der Waals surface area contributed by atoms with Crippen LogP contribution in [0.25, 0.3) is 0 Å². The van der Waals surface area contributed by atoms with Gasteiger partial charge >= 0.3 is 6.09 Å². The van der Waals surface area contributed by atoms with Crippen molar-refractivity contribution in [1.29, 1.82) is 0 Å². The number of hydrogen-bond acceptors (Lipinski definition) is 6. The monoisotopic (exact) mass is 379 g/mol. The first-order chi connectivity index (χ1) is 12.8. The number of nitrogens with zero attached hydrogens (tertiary/aromatic N) is 1. The summed E-state index contributed by atoms with van der Waals surface area (Å²) < 4.78 is 5.44. The third-order valence-corrected chi connectivity index (χ3v) is 4.51. The lowest BCUT2D eigenvalue weighted by Crippen LogP contribution is -2.42. The molecule has 0 spiro atoms. The average molecular weight is 380 g/mol. The Kier molecular flexibility index (Phi) is 7.74. The summed E-state index contributed by atoms with van der Waals surface area (Å²) in [5, 5.41) is 25.1. The van der Waals surface area contributed by atoms with Crippen molar-refractivity contribution < 1.29 is 19.7 Å². The number of carbonyl (C=O) groups excluding carboxylic acids is 1. The van der Waals surface area contributed by atoms with Crippen LogP contribution >= 0.6 is 0 Å². The molecule has 0 aliphatic carbocycles. The Bertz CT molecular complexity index is 595. The number of aliphatic hydroxyl groups is 2. The summed E-state index contributed by atoms with van der Waals surface area (Å²) >= 11 is 0. The van der Waals surface area contributed by atoms with Gasteiger partial charge in [0.25, 0.3) is 0 Å². The van der Waals surface area contributed by atoms with Gasteiger partial charge in [0.15, 0.2) is 0 Å². The van der Waals surface area contributed by atoms with E-state index >= 15 is 0 Å². The number of rotatable bonds is 7. The molecule has 0 saturated carbocycles. The van der Waals surface area contributed by atoms with Gasteiger partial charge in [-0.25, -0.2) is 4.79 Å². The Morgan fingerprint density at radius 3 is 2.37 bits per heavy atom. The first-order valence-corrected chi connectivity index (χ1v) is 9.62. The molecule has 0 radical (unpaired) electrons. The fourth-order valence-electron chi connectivity index (χ4n) is 2.98. The fraction of sp³-hybridized carbons (Fsp3) is 0.650.